The maximum atomic E-state index is 12.8. The molecule has 0 unspecified atom stereocenters. The van der Waals surface area contributed by atoms with Crippen LogP contribution >= 0.6 is 0 Å². The molecule has 0 saturated heterocycles. The largest absolute Gasteiger partial charge is 0.475 e. The molecule has 5 rings (SSSR count). The topological polar surface area (TPSA) is 275 Å². The van der Waals surface area contributed by atoms with E-state index in [0.29, 0.717) is 11.4 Å². The summed E-state index contributed by atoms with van der Waals surface area (Å²) in [6, 6.07) is 2.96. The van der Waals surface area contributed by atoms with Gasteiger partial charge in [-0.2, -0.15) is 0 Å². The van der Waals surface area contributed by atoms with E-state index in [1.807, 2.05) is 0 Å². The molecule has 5 aromatic heterocycles. The number of aryl methyl sites for hydroxylation is 5. The third-order valence-electron chi connectivity index (χ3n) is 8.20. The van der Waals surface area contributed by atoms with Crippen molar-refractivity contribution in [2.24, 2.45) is 35.2 Å². The number of amides is 6. The van der Waals surface area contributed by atoms with E-state index in [-0.39, 0.29) is 78.8 Å². The average Bonchev–Trinajstić information content (AvgIpc) is 3.95. The SMILES string of the molecule is Cn1cc(NC(=O)c2nccn2C)cc1C(=O)NCCC(=O)Nc1cn(C)c(C(=O)NCCCC(=O)Nc2cc(C(=O)Nc3cn(C)c(C(=O)O)n3)n(C)c2)n1. The van der Waals surface area contributed by atoms with Gasteiger partial charge in [0, 0.05) is 98.4 Å². The molecule has 22 heteroatoms. The van der Waals surface area contributed by atoms with Gasteiger partial charge in [0.1, 0.15) is 11.4 Å². The first kappa shape index (κ1) is 39.7. The lowest BCUT2D eigenvalue weighted by atomic mass is 10.3. The first-order chi connectivity index (χ1) is 26.6. The number of carbonyl (C=O) groups excluding carboxylic acids is 6. The van der Waals surface area contributed by atoms with E-state index >= 15 is 0 Å². The van der Waals surface area contributed by atoms with Crippen LogP contribution in [0.1, 0.15) is 72.1 Å². The minimum absolute atomic E-state index is 0.00216. The van der Waals surface area contributed by atoms with Gasteiger partial charge in [-0.15, -0.1) is 0 Å². The van der Waals surface area contributed by atoms with Crippen molar-refractivity contribution in [1.29, 1.82) is 0 Å². The highest BCUT2D eigenvalue weighted by molar-refractivity contribution is 6.05. The molecule has 0 atom stereocenters. The molecule has 56 heavy (non-hydrogen) atoms. The Morgan fingerprint density at radius 3 is 1.77 bits per heavy atom. The average molecular weight is 773 g/mol. The van der Waals surface area contributed by atoms with Gasteiger partial charge in [-0.25, -0.2) is 19.7 Å². The van der Waals surface area contributed by atoms with Crippen LogP contribution in [0, 0.1) is 0 Å². The molecule has 0 aliphatic rings. The second-order valence-corrected chi connectivity index (χ2v) is 12.6. The smallest absolute Gasteiger partial charge is 0.372 e. The first-order valence-corrected chi connectivity index (χ1v) is 17.0. The zero-order chi connectivity index (χ0) is 40.7. The Morgan fingerprint density at radius 2 is 1.14 bits per heavy atom. The van der Waals surface area contributed by atoms with Gasteiger partial charge in [-0.3, -0.25) is 28.8 Å². The molecule has 0 fully saturated rings. The number of nitrogens with one attached hydrogen (secondary N) is 6. The van der Waals surface area contributed by atoms with Gasteiger partial charge in [0.25, 0.3) is 23.6 Å². The van der Waals surface area contributed by atoms with Crippen LogP contribution in [-0.4, -0.2) is 97.4 Å². The van der Waals surface area contributed by atoms with Crippen LogP contribution in [0.2, 0.25) is 0 Å². The minimum Gasteiger partial charge on any atom is -0.475 e. The summed E-state index contributed by atoms with van der Waals surface area (Å²) in [6.45, 7) is 0.145. The number of hydrogen-bond acceptors (Lipinski definition) is 10. The van der Waals surface area contributed by atoms with Crippen molar-refractivity contribution in [3.8, 4) is 0 Å². The number of rotatable bonds is 16. The van der Waals surface area contributed by atoms with Crippen molar-refractivity contribution < 1.29 is 38.7 Å². The summed E-state index contributed by atoms with van der Waals surface area (Å²) < 4.78 is 7.29. The molecule has 0 aliphatic carbocycles. The predicted octanol–water partition coefficient (Wildman–Crippen LogP) is 0.674. The van der Waals surface area contributed by atoms with Crippen LogP contribution in [0.15, 0.2) is 49.3 Å². The van der Waals surface area contributed by atoms with Crippen molar-refractivity contribution >= 4 is 64.4 Å². The van der Waals surface area contributed by atoms with Crippen molar-refractivity contribution in [3.63, 3.8) is 0 Å². The normalized spacial score (nSPS) is 10.8. The number of carboxylic acid groups (broad SMARTS) is 1. The fourth-order valence-electron chi connectivity index (χ4n) is 5.47. The lowest BCUT2D eigenvalue weighted by Crippen LogP contribution is -2.29. The monoisotopic (exact) mass is 772 g/mol. The zero-order valence-electron chi connectivity index (χ0n) is 31.0. The van der Waals surface area contributed by atoms with E-state index in [2.05, 4.69) is 46.9 Å². The molecule has 0 radical (unpaired) electrons. The summed E-state index contributed by atoms with van der Waals surface area (Å²) in [5.41, 5.74) is 1.21. The summed E-state index contributed by atoms with van der Waals surface area (Å²) in [4.78, 5) is 99.1. The Balaban J connectivity index is 1.01. The number of carboxylic acids is 1. The molecule has 0 aromatic carbocycles. The van der Waals surface area contributed by atoms with E-state index in [4.69, 9.17) is 5.11 Å². The quantitative estimate of drug-likeness (QED) is 0.0685. The summed E-state index contributed by atoms with van der Waals surface area (Å²) in [5.74, 6) is -3.85. The molecule has 0 bridgehead atoms. The number of aromatic carboxylic acids is 1. The third-order valence-corrected chi connectivity index (χ3v) is 8.20. The highest BCUT2D eigenvalue weighted by atomic mass is 16.4. The van der Waals surface area contributed by atoms with Gasteiger partial charge < -0.3 is 59.8 Å². The van der Waals surface area contributed by atoms with E-state index in [1.54, 1.807) is 51.3 Å². The Bertz CT molecular complexity index is 2320. The maximum absolute atomic E-state index is 12.8. The van der Waals surface area contributed by atoms with Gasteiger partial charge in [-0.1, -0.05) is 0 Å². The van der Waals surface area contributed by atoms with Crippen molar-refractivity contribution in [3.05, 3.63) is 78.2 Å². The fraction of sp³-hybridized carbons (Fsp3) is 0.294. The lowest BCUT2D eigenvalue weighted by molar-refractivity contribution is -0.117. The Labute approximate surface area is 318 Å². The molecular weight excluding hydrogens is 732 g/mol. The molecular formula is C34H40N14O8. The third kappa shape index (κ3) is 9.71. The van der Waals surface area contributed by atoms with Crippen LogP contribution in [0.25, 0.3) is 0 Å². The first-order valence-electron chi connectivity index (χ1n) is 17.0. The molecule has 5 aromatic rings. The molecule has 0 saturated carbocycles. The van der Waals surface area contributed by atoms with Crippen molar-refractivity contribution in [1.82, 2.24) is 48.4 Å². The summed E-state index contributed by atoms with van der Waals surface area (Å²) >= 11 is 0. The number of imidazole rings is 3. The van der Waals surface area contributed by atoms with Crippen LogP contribution in [-0.2, 0) is 44.8 Å². The van der Waals surface area contributed by atoms with Gasteiger partial charge >= 0.3 is 5.97 Å². The number of carbonyl (C=O) groups is 7. The molecule has 0 aliphatic heterocycles. The van der Waals surface area contributed by atoms with E-state index < -0.39 is 35.5 Å². The van der Waals surface area contributed by atoms with E-state index in [9.17, 15) is 33.6 Å². The Hall–Kier alpha value is -7.52. The van der Waals surface area contributed by atoms with Crippen molar-refractivity contribution in [2.45, 2.75) is 19.3 Å². The Kier molecular flexibility index (Phi) is 12.1. The molecule has 5 heterocycles. The lowest BCUT2D eigenvalue weighted by Gasteiger charge is -2.06. The summed E-state index contributed by atoms with van der Waals surface area (Å²) in [5, 5.41) is 25.0. The van der Waals surface area contributed by atoms with Gasteiger partial charge in [0.05, 0.1) is 11.4 Å². The standard InChI is InChI=1S/C34H40N14O8/c1-44-12-11-35-27(44)33(54)39-20-14-21(45(2)16-20)30(51)37-10-8-26(50)40-23-17-47(4)28(41-23)32(53)36-9-6-7-25(49)38-19-13-22(46(3)15-19)31(52)43-24-18-48(5)29(42-24)34(55)56/h11-18H,6-10H2,1-5H3,(H,36,53)(H,37,51)(H,38,49)(H,39,54)(H,40,50)(H,43,52)(H,55,56). The summed E-state index contributed by atoms with van der Waals surface area (Å²) in [6.07, 6.45) is 9.33. The van der Waals surface area contributed by atoms with Crippen LogP contribution in [0.5, 0.6) is 0 Å². The number of nitrogens with zero attached hydrogens (tertiary/aromatic N) is 8. The molecule has 294 valence electrons. The van der Waals surface area contributed by atoms with Crippen LogP contribution in [0.4, 0.5) is 23.0 Å². The molecule has 6 amide bonds. The Morgan fingerprint density at radius 1 is 0.571 bits per heavy atom. The predicted molar refractivity (Wildman–Crippen MR) is 199 cm³/mol. The van der Waals surface area contributed by atoms with E-state index in [1.165, 1.54) is 56.0 Å². The van der Waals surface area contributed by atoms with Crippen molar-refractivity contribution in [2.75, 3.05) is 34.4 Å². The van der Waals surface area contributed by atoms with Crippen LogP contribution in [0.3, 0.4) is 0 Å². The minimum atomic E-state index is -1.24. The second-order valence-electron chi connectivity index (χ2n) is 12.6. The van der Waals surface area contributed by atoms with Gasteiger partial charge in [0.2, 0.25) is 23.5 Å². The van der Waals surface area contributed by atoms with Crippen LogP contribution < -0.4 is 31.9 Å². The summed E-state index contributed by atoms with van der Waals surface area (Å²) in [7, 11) is 8.00. The molecule has 0 spiro atoms. The maximum Gasteiger partial charge on any atom is 0.372 e. The number of hydrogen-bond donors (Lipinski definition) is 7. The second kappa shape index (κ2) is 17.1. The fourth-order valence-corrected chi connectivity index (χ4v) is 5.47. The molecule has 7 N–H and O–H groups in total. The van der Waals surface area contributed by atoms with E-state index in [0.717, 1.165) is 0 Å². The zero-order valence-corrected chi connectivity index (χ0v) is 31.0. The number of aromatic nitrogens is 8. The highest BCUT2D eigenvalue weighted by Crippen LogP contribution is 2.17. The van der Waals surface area contributed by atoms with Gasteiger partial charge in [0.15, 0.2) is 17.5 Å². The highest BCUT2D eigenvalue weighted by Gasteiger charge is 2.20. The van der Waals surface area contributed by atoms with Gasteiger partial charge in [-0.05, 0) is 18.6 Å². The number of anilines is 4. The molecule has 22 nitrogen and oxygen atoms in total.